The molecule has 7 nitrogen and oxygen atoms in total. The summed E-state index contributed by atoms with van der Waals surface area (Å²) < 4.78 is 11.0. The molecule has 1 saturated heterocycles. The van der Waals surface area contributed by atoms with Gasteiger partial charge in [0.25, 0.3) is 0 Å². The molecule has 5 rings (SSSR count). The molecule has 0 radical (unpaired) electrons. The molecule has 2 fully saturated rings. The van der Waals surface area contributed by atoms with Gasteiger partial charge in [-0.3, -0.25) is 4.79 Å². The third-order valence-electron chi connectivity index (χ3n) is 6.03. The molecule has 7 heteroatoms. The second-order valence-corrected chi connectivity index (χ2v) is 8.05. The number of carbonyl (C=O) groups is 1. The van der Waals surface area contributed by atoms with Crippen LogP contribution in [-0.4, -0.2) is 61.2 Å². The van der Waals surface area contributed by atoms with Crippen LogP contribution in [0.4, 0.5) is 5.82 Å². The highest BCUT2D eigenvalue weighted by Gasteiger charge is 2.35. The van der Waals surface area contributed by atoms with Gasteiger partial charge in [-0.15, -0.1) is 0 Å². The summed E-state index contributed by atoms with van der Waals surface area (Å²) in [5.41, 5.74) is 1.76. The van der Waals surface area contributed by atoms with E-state index >= 15 is 0 Å². The van der Waals surface area contributed by atoms with Gasteiger partial charge in [-0.05, 0) is 18.9 Å². The molecule has 3 aromatic rings. The molecule has 1 amide bonds. The third kappa shape index (κ3) is 3.76. The number of hydrogen-bond acceptors (Lipinski definition) is 6. The number of methoxy groups -OCH3 is 2. The van der Waals surface area contributed by atoms with E-state index in [0.717, 1.165) is 61.3 Å². The minimum atomic E-state index is 0.257. The van der Waals surface area contributed by atoms with Gasteiger partial charge in [0.05, 0.1) is 19.7 Å². The number of benzene rings is 2. The molecule has 31 heavy (non-hydrogen) atoms. The van der Waals surface area contributed by atoms with Gasteiger partial charge in [0.2, 0.25) is 5.91 Å². The van der Waals surface area contributed by atoms with Crippen molar-refractivity contribution in [2.45, 2.75) is 12.8 Å². The summed E-state index contributed by atoms with van der Waals surface area (Å²) in [7, 11) is 3.25. The van der Waals surface area contributed by atoms with E-state index in [1.54, 1.807) is 14.2 Å². The van der Waals surface area contributed by atoms with Crippen molar-refractivity contribution in [3.05, 3.63) is 42.5 Å². The monoisotopic (exact) mass is 418 g/mol. The van der Waals surface area contributed by atoms with Crippen molar-refractivity contribution in [2.75, 3.05) is 45.3 Å². The first kappa shape index (κ1) is 19.6. The number of carbonyl (C=O) groups excluding carboxylic acids is 1. The van der Waals surface area contributed by atoms with Crippen molar-refractivity contribution < 1.29 is 14.3 Å². The molecular formula is C24H26N4O3. The molecule has 0 N–H and O–H groups in total. The molecule has 160 valence electrons. The van der Waals surface area contributed by atoms with Gasteiger partial charge in [0, 0.05) is 49.1 Å². The summed E-state index contributed by atoms with van der Waals surface area (Å²) >= 11 is 0. The fourth-order valence-corrected chi connectivity index (χ4v) is 4.12. The molecule has 1 aliphatic heterocycles. The first-order valence-electron chi connectivity index (χ1n) is 10.7. The Morgan fingerprint density at radius 3 is 2.26 bits per heavy atom. The lowest BCUT2D eigenvalue weighted by Crippen LogP contribution is -2.49. The van der Waals surface area contributed by atoms with Gasteiger partial charge in [-0.25, -0.2) is 9.97 Å². The first-order valence-corrected chi connectivity index (χ1v) is 10.7. The fraction of sp³-hybridized carbons (Fsp3) is 0.375. The second-order valence-electron chi connectivity index (χ2n) is 8.05. The average Bonchev–Trinajstić information content (AvgIpc) is 3.68. The Morgan fingerprint density at radius 1 is 0.935 bits per heavy atom. The van der Waals surface area contributed by atoms with Gasteiger partial charge in [0.1, 0.15) is 5.82 Å². The zero-order chi connectivity index (χ0) is 21.4. The van der Waals surface area contributed by atoms with Crippen molar-refractivity contribution in [3.63, 3.8) is 0 Å². The van der Waals surface area contributed by atoms with E-state index < -0.39 is 0 Å². The number of aromatic nitrogens is 2. The van der Waals surface area contributed by atoms with Crippen molar-refractivity contribution in [1.82, 2.24) is 14.9 Å². The molecule has 2 aliphatic rings. The number of nitrogens with zero attached hydrogens (tertiary/aromatic N) is 4. The lowest BCUT2D eigenvalue weighted by Gasteiger charge is -2.36. The average molecular weight is 418 g/mol. The summed E-state index contributed by atoms with van der Waals surface area (Å²) in [6.45, 7) is 2.92. The van der Waals surface area contributed by atoms with Crippen LogP contribution in [0.25, 0.3) is 22.3 Å². The van der Waals surface area contributed by atoms with Crippen LogP contribution in [0.5, 0.6) is 11.5 Å². The van der Waals surface area contributed by atoms with Crippen LogP contribution < -0.4 is 14.4 Å². The highest BCUT2D eigenvalue weighted by molar-refractivity contribution is 5.93. The summed E-state index contributed by atoms with van der Waals surface area (Å²) in [6, 6.07) is 13.8. The van der Waals surface area contributed by atoms with Crippen molar-refractivity contribution in [3.8, 4) is 22.9 Å². The van der Waals surface area contributed by atoms with E-state index in [2.05, 4.69) is 4.90 Å². The van der Waals surface area contributed by atoms with Crippen LogP contribution in [0.1, 0.15) is 12.8 Å². The predicted octanol–water partition coefficient (Wildman–Crippen LogP) is 3.37. The molecule has 2 heterocycles. The molecule has 0 unspecified atom stereocenters. The number of amides is 1. The predicted molar refractivity (Wildman–Crippen MR) is 120 cm³/mol. The summed E-state index contributed by atoms with van der Waals surface area (Å²) in [6.07, 6.45) is 2.08. The van der Waals surface area contributed by atoms with Crippen LogP contribution in [0, 0.1) is 5.92 Å². The number of hydrogen-bond donors (Lipinski definition) is 0. The van der Waals surface area contributed by atoms with Crippen molar-refractivity contribution in [1.29, 1.82) is 0 Å². The Labute approximate surface area is 181 Å². The second kappa shape index (κ2) is 8.06. The number of rotatable bonds is 5. The number of ether oxygens (including phenoxy) is 2. The molecule has 0 atom stereocenters. The third-order valence-corrected chi connectivity index (χ3v) is 6.03. The molecule has 1 aliphatic carbocycles. The van der Waals surface area contributed by atoms with Crippen molar-refractivity contribution >= 4 is 22.6 Å². The van der Waals surface area contributed by atoms with E-state index in [1.165, 1.54) is 0 Å². The summed E-state index contributed by atoms with van der Waals surface area (Å²) in [5.74, 6) is 3.39. The minimum absolute atomic E-state index is 0.257. The Bertz CT molecular complexity index is 1110. The van der Waals surface area contributed by atoms with E-state index in [9.17, 15) is 4.79 Å². The van der Waals surface area contributed by atoms with Crippen LogP contribution in [0.15, 0.2) is 42.5 Å². The van der Waals surface area contributed by atoms with E-state index in [0.29, 0.717) is 23.2 Å². The largest absolute Gasteiger partial charge is 0.493 e. The zero-order valence-corrected chi connectivity index (χ0v) is 17.9. The smallest absolute Gasteiger partial charge is 0.225 e. The Kier molecular flexibility index (Phi) is 5.10. The zero-order valence-electron chi connectivity index (χ0n) is 17.9. The fourth-order valence-electron chi connectivity index (χ4n) is 4.12. The van der Waals surface area contributed by atoms with E-state index in [4.69, 9.17) is 19.4 Å². The maximum atomic E-state index is 12.5. The first-order chi connectivity index (χ1) is 15.2. The molecule has 1 aromatic heterocycles. The molecular weight excluding hydrogens is 392 g/mol. The highest BCUT2D eigenvalue weighted by atomic mass is 16.5. The van der Waals surface area contributed by atoms with Gasteiger partial charge >= 0.3 is 0 Å². The highest BCUT2D eigenvalue weighted by Crippen LogP contribution is 2.37. The normalized spacial score (nSPS) is 16.5. The summed E-state index contributed by atoms with van der Waals surface area (Å²) in [4.78, 5) is 26.5. The Balaban J connectivity index is 1.55. The van der Waals surface area contributed by atoms with E-state index in [-0.39, 0.29) is 5.92 Å². The van der Waals surface area contributed by atoms with Crippen LogP contribution >= 0.6 is 0 Å². The van der Waals surface area contributed by atoms with Crippen molar-refractivity contribution in [2.24, 2.45) is 5.92 Å². The molecule has 1 saturated carbocycles. The summed E-state index contributed by atoms with van der Waals surface area (Å²) in [5, 5.41) is 0.916. The van der Waals surface area contributed by atoms with Gasteiger partial charge < -0.3 is 19.3 Å². The number of fused-ring (bicyclic) bond motifs is 1. The maximum absolute atomic E-state index is 12.5. The topological polar surface area (TPSA) is 67.8 Å². The van der Waals surface area contributed by atoms with Gasteiger partial charge in [-0.1, -0.05) is 30.3 Å². The molecule has 2 aromatic carbocycles. The van der Waals surface area contributed by atoms with Crippen LogP contribution in [0.3, 0.4) is 0 Å². The van der Waals surface area contributed by atoms with E-state index in [1.807, 2.05) is 47.4 Å². The minimum Gasteiger partial charge on any atom is -0.493 e. The van der Waals surface area contributed by atoms with Gasteiger partial charge in [0.15, 0.2) is 17.3 Å². The maximum Gasteiger partial charge on any atom is 0.225 e. The number of anilines is 1. The quantitative estimate of drug-likeness (QED) is 0.633. The van der Waals surface area contributed by atoms with Gasteiger partial charge in [-0.2, -0.15) is 0 Å². The molecule has 0 bridgehead atoms. The standard InChI is InChI=1S/C24H26N4O3/c1-30-20-14-18-19(15-21(20)31-2)25-22(16-6-4-3-5-7-16)26-23(18)27-10-12-28(13-11-27)24(29)17-8-9-17/h3-7,14-15,17H,8-13H2,1-2H3. The lowest BCUT2D eigenvalue weighted by molar-refractivity contribution is -0.132. The van der Waals surface area contributed by atoms with Crippen LogP contribution in [0.2, 0.25) is 0 Å². The Hall–Kier alpha value is -3.35. The van der Waals surface area contributed by atoms with Crippen LogP contribution in [-0.2, 0) is 4.79 Å². The number of piperazine rings is 1. The SMILES string of the molecule is COc1cc2nc(-c3ccccc3)nc(N3CCN(C(=O)C4CC4)CC3)c2cc1OC. The Morgan fingerprint density at radius 2 is 1.61 bits per heavy atom. The lowest BCUT2D eigenvalue weighted by atomic mass is 10.1. The molecule has 0 spiro atoms.